The quantitative estimate of drug-likeness (QED) is 0.213. The molecule has 3 nitrogen and oxygen atoms in total. The summed E-state index contributed by atoms with van der Waals surface area (Å²) in [5, 5.41) is 0. The molecule has 1 aromatic carbocycles. The lowest BCUT2D eigenvalue weighted by atomic mass is 9.85. The molecule has 0 aliphatic rings. The van der Waals surface area contributed by atoms with Crippen molar-refractivity contribution in [3.63, 3.8) is 0 Å². The monoisotopic (exact) mass is 424 g/mol. The Hall–Kier alpha value is -0.630. The highest BCUT2D eigenvalue weighted by molar-refractivity contribution is 7.41. The number of rotatable bonds is 16. The van der Waals surface area contributed by atoms with Crippen LogP contribution in [-0.2, 0) is 9.94 Å². The summed E-state index contributed by atoms with van der Waals surface area (Å²) in [7, 11) is -1.87. The van der Waals surface area contributed by atoms with Crippen LogP contribution in [0.15, 0.2) is 18.2 Å². The van der Waals surface area contributed by atoms with Crippen LogP contribution >= 0.6 is 8.60 Å². The van der Waals surface area contributed by atoms with Gasteiger partial charge in [-0.3, -0.25) is 0 Å². The summed E-state index contributed by atoms with van der Waals surface area (Å²) < 4.78 is 11.3. The maximum atomic E-state index is 10.2. The van der Waals surface area contributed by atoms with E-state index in [9.17, 15) is 4.89 Å². The summed E-state index contributed by atoms with van der Waals surface area (Å²) >= 11 is 0. The molecule has 0 bridgehead atoms. The molecule has 0 aromatic heterocycles. The Balaban J connectivity index is 2.09. The van der Waals surface area contributed by atoms with E-state index in [0.29, 0.717) is 6.61 Å². The molecule has 0 spiro atoms. The molecule has 0 aliphatic carbocycles. The van der Waals surface area contributed by atoms with Gasteiger partial charge in [0.2, 0.25) is 0 Å². The Kier molecular flexibility index (Phi) is 13.9. The summed E-state index contributed by atoms with van der Waals surface area (Å²) in [6.45, 7) is 11.4. The Bertz CT molecular complexity index is 539. The number of hydrogen-bond acceptors (Lipinski definition) is 3. The van der Waals surface area contributed by atoms with Crippen LogP contribution in [0.4, 0.5) is 0 Å². The maximum absolute atomic E-state index is 10.2. The molecule has 1 rings (SSSR count). The van der Waals surface area contributed by atoms with Gasteiger partial charge in [0.15, 0.2) is 0 Å². The van der Waals surface area contributed by atoms with Crippen LogP contribution in [0, 0.1) is 6.92 Å². The lowest BCUT2D eigenvalue weighted by Gasteiger charge is -2.24. The second kappa shape index (κ2) is 15.2. The van der Waals surface area contributed by atoms with Crippen LogP contribution in [0.5, 0.6) is 5.75 Å². The molecule has 1 N–H and O–H groups in total. The second-order valence-corrected chi connectivity index (χ2v) is 10.2. The highest BCUT2D eigenvalue weighted by Gasteiger charge is 2.21. The number of hydrogen-bond donors (Lipinski definition) is 1. The molecular formula is C25H45O3P. The fourth-order valence-electron chi connectivity index (χ4n) is 3.51. The van der Waals surface area contributed by atoms with Gasteiger partial charge in [-0.2, -0.15) is 0 Å². The standard InChI is InChI=1S/C25H45O3P/c1-6-7-8-9-10-11-12-13-14-15-16-17-20-27-29(26)28-24-19-18-22(2)21-23(24)25(3,4)5/h18-19,21,26H,6-17,20H2,1-5H3. The van der Waals surface area contributed by atoms with Crippen molar-refractivity contribution in [3.05, 3.63) is 29.3 Å². The van der Waals surface area contributed by atoms with Crippen LogP contribution in [-0.4, -0.2) is 11.5 Å². The lowest BCUT2D eigenvalue weighted by molar-refractivity contribution is 0.252. The largest absolute Gasteiger partial charge is 0.427 e. The number of aryl methyl sites for hydroxylation is 1. The van der Waals surface area contributed by atoms with Crippen LogP contribution < -0.4 is 4.52 Å². The first kappa shape index (κ1) is 26.4. The highest BCUT2D eigenvalue weighted by Crippen LogP contribution is 2.40. The molecule has 29 heavy (non-hydrogen) atoms. The van der Waals surface area contributed by atoms with Gasteiger partial charge in [0.25, 0.3) is 0 Å². The van der Waals surface area contributed by atoms with Gasteiger partial charge in [0.1, 0.15) is 5.75 Å². The van der Waals surface area contributed by atoms with Gasteiger partial charge < -0.3 is 13.9 Å². The molecule has 1 aromatic rings. The van der Waals surface area contributed by atoms with E-state index in [1.165, 1.54) is 69.8 Å². The van der Waals surface area contributed by atoms with Crippen LogP contribution in [0.3, 0.4) is 0 Å². The van der Waals surface area contributed by atoms with Crippen molar-refractivity contribution in [2.45, 2.75) is 117 Å². The zero-order valence-corrected chi connectivity index (χ0v) is 20.5. The smallest absolute Gasteiger partial charge is 0.394 e. The molecule has 0 radical (unpaired) electrons. The van der Waals surface area contributed by atoms with Crippen molar-refractivity contribution < 1.29 is 13.9 Å². The summed E-state index contributed by atoms with van der Waals surface area (Å²) in [6.07, 6.45) is 15.8. The van der Waals surface area contributed by atoms with Gasteiger partial charge in [0, 0.05) is 5.56 Å². The minimum Gasteiger partial charge on any atom is -0.427 e. The van der Waals surface area contributed by atoms with E-state index in [1.807, 2.05) is 12.1 Å². The van der Waals surface area contributed by atoms with Crippen molar-refractivity contribution in [2.24, 2.45) is 0 Å². The molecule has 4 heteroatoms. The zero-order valence-electron chi connectivity index (χ0n) is 19.6. The Morgan fingerprint density at radius 3 is 1.86 bits per heavy atom. The van der Waals surface area contributed by atoms with Gasteiger partial charge in [-0.25, -0.2) is 0 Å². The normalized spacial score (nSPS) is 12.9. The first-order valence-electron chi connectivity index (χ1n) is 11.8. The molecule has 0 amide bonds. The topological polar surface area (TPSA) is 38.7 Å². The van der Waals surface area contributed by atoms with E-state index >= 15 is 0 Å². The van der Waals surface area contributed by atoms with Gasteiger partial charge >= 0.3 is 8.60 Å². The fraction of sp³-hybridized carbons (Fsp3) is 0.760. The highest BCUT2D eigenvalue weighted by atomic mass is 31.2. The predicted octanol–water partition coefficient (Wildman–Crippen LogP) is 8.61. The summed E-state index contributed by atoms with van der Waals surface area (Å²) in [5.74, 6) is 0.728. The average Bonchev–Trinajstić information content (AvgIpc) is 2.66. The molecule has 0 aliphatic heterocycles. The Morgan fingerprint density at radius 1 is 0.828 bits per heavy atom. The molecule has 0 heterocycles. The third kappa shape index (κ3) is 12.6. The van der Waals surface area contributed by atoms with Crippen molar-refractivity contribution in [2.75, 3.05) is 6.61 Å². The maximum Gasteiger partial charge on any atom is 0.394 e. The minimum absolute atomic E-state index is 0.0347. The van der Waals surface area contributed by atoms with Crippen LogP contribution in [0.1, 0.15) is 116 Å². The SMILES string of the molecule is CCCCCCCCCCCCCCOP(O)Oc1ccc(C)cc1C(C)(C)C. The third-order valence-corrected chi connectivity index (χ3v) is 6.08. The predicted molar refractivity (Wildman–Crippen MR) is 127 cm³/mol. The third-order valence-electron chi connectivity index (χ3n) is 5.32. The number of benzene rings is 1. The summed E-state index contributed by atoms with van der Waals surface area (Å²) in [4.78, 5) is 10.2. The van der Waals surface area contributed by atoms with Crippen molar-refractivity contribution in [1.82, 2.24) is 0 Å². The lowest BCUT2D eigenvalue weighted by Crippen LogP contribution is -2.13. The van der Waals surface area contributed by atoms with Crippen molar-refractivity contribution in [3.8, 4) is 5.75 Å². The van der Waals surface area contributed by atoms with Gasteiger partial charge in [-0.05, 0) is 24.8 Å². The van der Waals surface area contributed by atoms with E-state index in [4.69, 9.17) is 9.05 Å². The second-order valence-electron chi connectivity index (χ2n) is 9.30. The summed E-state index contributed by atoms with van der Waals surface area (Å²) in [5.41, 5.74) is 2.27. The average molecular weight is 425 g/mol. The van der Waals surface area contributed by atoms with E-state index in [2.05, 4.69) is 40.7 Å². The van der Waals surface area contributed by atoms with Crippen LogP contribution in [0.25, 0.3) is 0 Å². The Labute approximate surface area is 181 Å². The zero-order chi connectivity index (χ0) is 21.5. The van der Waals surface area contributed by atoms with Crippen LogP contribution in [0.2, 0.25) is 0 Å². The van der Waals surface area contributed by atoms with Crippen molar-refractivity contribution >= 4 is 8.60 Å². The van der Waals surface area contributed by atoms with E-state index in [0.717, 1.165) is 24.2 Å². The van der Waals surface area contributed by atoms with Gasteiger partial charge in [-0.15, -0.1) is 0 Å². The van der Waals surface area contributed by atoms with Crippen molar-refractivity contribution in [1.29, 1.82) is 0 Å². The van der Waals surface area contributed by atoms with Gasteiger partial charge in [-0.1, -0.05) is 116 Å². The van der Waals surface area contributed by atoms with Gasteiger partial charge in [0.05, 0.1) is 6.61 Å². The first-order chi connectivity index (χ1) is 13.8. The molecule has 1 unspecified atom stereocenters. The number of unbranched alkanes of at least 4 members (excludes halogenated alkanes) is 11. The van der Waals surface area contributed by atoms with E-state index in [1.54, 1.807) is 0 Å². The molecule has 1 atom stereocenters. The molecule has 0 saturated heterocycles. The molecule has 168 valence electrons. The Morgan fingerprint density at radius 2 is 1.34 bits per heavy atom. The van der Waals surface area contributed by atoms with E-state index in [-0.39, 0.29) is 5.41 Å². The molecular weight excluding hydrogens is 379 g/mol. The fourth-order valence-corrected chi connectivity index (χ4v) is 4.17. The minimum atomic E-state index is -1.87. The molecule has 0 saturated carbocycles. The first-order valence-corrected chi connectivity index (χ1v) is 12.9. The van der Waals surface area contributed by atoms with E-state index < -0.39 is 8.60 Å². The summed E-state index contributed by atoms with van der Waals surface area (Å²) in [6, 6.07) is 6.08. The molecule has 0 fully saturated rings.